The van der Waals surface area contributed by atoms with Gasteiger partial charge in [0.05, 0.1) is 12.1 Å². The number of nitrogens with two attached hydrogens (primary N) is 2. The van der Waals surface area contributed by atoms with Gasteiger partial charge < -0.3 is 11.5 Å². The molecule has 0 radical (unpaired) electrons. The smallest absolute Gasteiger partial charge is 0.252 e. The minimum absolute atomic E-state index is 0.218. The molecular weight excluding hydrogens is 172 g/mol. The number of hydrogen-bond donors (Lipinski definition) is 2. The van der Waals surface area contributed by atoms with Gasteiger partial charge in [0, 0.05) is 6.42 Å². The quantitative estimate of drug-likeness (QED) is 0.560. The standard InChI is InChI=1S/C7H8N4O2/c8-3-7(4-9,6(11)13)2-1-5(10)12/h1-2H2,(H2,10,12)(H2,11,13). The molecule has 0 aromatic rings. The molecule has 6 heteroatoms. The molecule has 6 nitrogen and oxygen atoms in total. The Balaban J connectivity index is 4.65. The molecule has 0 bridgehead atoms. The lowest BCUT2D eigenvalue weighted by molar-refractivity contribution is -0.123. The normalized spacial score (nSPS) is 9.69. The Labute approximate surface area is 74.7 Å². The van der Waals surface area contributed by atoms with Crippen LogP contribution in [-0.2, 0) is 9.59 Å². The second kappa shape index (κ2) is 4.07. The molecule has 0 unspecified atom stereocenters. The maximum atomic E-state index is 10.7. The van der Waals surface area contributed by atoms with E-state index in [2.05, 4.69) is 0 Å². The minimum atomic E-state index is -1.94. The Bertz CT molecular complexity index is 295. The van der Waals surface area contributed by atoms with Crippen LogP contribution in [0.15, 0.2) is 0 Å². The topological polar surface area (TPSA) is 134 Å². The van der Waals surface area contributed by atoms with Crippen LogP contribution in [0.4, 0.5) is 0 Å². The Morgan fingerprint density at radius 3 is 1.92 bits per heavy atom. The summed E-state index contributed by atoms with van der Waals surface area (Å²) >= 11 is 0. The van der Waals surface area contributed by atoms with E-state index in [1.807, 2.05) is 0 Å². The predicted molar refractivity (Wildman–Crippen MR) is 41.3 cm³/mol. The largest absolute Gasteiger partial charge is 0.370 e. The third-order valence-electron chi connectivity index (χ3n) is 1.55. The Hall–Kier alpha value is -2.08. The van der Waals surface area contributed by atoms with Crippen molar-refractivity contribution in [2.45, 2.75) is 12.8 Å². The van der Waals surface area contributed by atoms with Crippen LogP contribution in [-0.4, -0.2) is 11.8 Å². The van der Waals surface area contributed by atoms with Gasteiger partial charge in [-0.3, -0.25) is 9.59 Å². The van der Waals surface area contributed by atoms with Crippen LogP contribution in [0.1, 0.15) is 12.8 Å². The summed E-state index contributed by atoms with van der Waals surface area (Å²) in [7, 11) is 0. The SMILES string of the molecule is N#CC(C#N)(CCC(N)=O)C(N)=O. The number of primary amides is 2. The number of rotatable bonds is 4. The Morgan fingerprint density at radius 1 is 1.23 bits per heavy atom. The van der Waals surface area contributed by atoms with Crippen molar-refractivity contribution in [3.8, 4) is 12.1 Å². The van der Waals surface area contributed by atoms with Crippen molar-refractivity contribution in [3.05, 3.63) is 0 Å². The lowest BCUT2D eigenvalue weighted by Crippen LogP contribution is -2.35. The highest BCUT2D eigenvalue weighted by Crippen LogP contribution is 2.20. The summed E-state index contributed by atoms with van der Waals surface area (Å²) in [4.78, 5) is 21.1. The number of carbonyl (C=O) groups is 2. The molecule has 0 fully saturated rings. The van der Waals surface area contributed by atoms with E-state index in [-0.39, 0.29) is 12.8 Å². The molecule has 68 valence electrons. The first kappa shape index (κ1) is 10.9. The van der Waals surface area contributed by atoms with Crippen molar-refractivity contribution in [2.24, 2.45) is 16.9 Å². The summed E-state index contributed by atoms with van der Waals surface area (Å²) in [5.41, 5.74) is 7.71. The van der Waals surface area contributed by atoms with E-state index < -0.39 is 17.2 Å². The highest BCUT2D eigenvalue weighted by molar-refractivity contribution is 5.87. The predicted octanol–water partition coefficient (Wildman–Crippen LogP) is -1.23. The average molecular weight is 180 g/mol. The van der Waals surface area contributed by atoms with Crippen molar-refractivity contribution >= 4 is 11.8 Å². The number of carbonyl (C=O) groups excluding carboxylic acids is 2. The molecule has 2 amide bonds. The van der Waals surface area contributed by atoms with E-state index in [0.29, 0.717) is 0 Å². The van der Waals surface area contributed by atoms with Gasteiger partial charge in [0.1, 0.15) is 0 Å². The van der Waals surface area contributed by atoms with Gasteiger partial charge >= 0.3 is 0 Å². The molecule has 0 aliphatic rings. The first-order chi connectivity index (χ1) is 5.98. The fourth-order valence-electron chi connectivity index (χ4n) is 0.681. The summed E-state index contributed by atoms with van der Waals surface area (Å²) in [6, 6.07) is 2.95. The molecule has 0 atom stereocenters. The van der Waals surface area contributed by atoms with Crippen LogP contribution in [0.3, 0.4) is 0 Å². The average Bonchev–Trinajstić information content (AvgIpc) is 2.06. The van der Waals surface area contributed by atoms with Gasteiger partial charge in [0.25, 0.3) is 5.91 Å². The van der Waals surface area contributed by atoms with E-state index in [9.17, 15) is 9.59 Å². The highest BCUT2D eigenvalue weighted by Gasteiger charge is 2.37. The first-order valence-electron chi connectivity index (χ1n) is 3.39. The highest BCUT2D eigenvalue weighted by atomic mass is 16.1. The van der Waals surface area contributed by atoms with Crippen LogP contribution in [0.25, 0.3) is 0 Å². The second-order valence-electron chi connectivity index (χ2n) is 2.46. The molecule has 0 aliphatic heterocycles. The molecule has 4 N–H and O–H groups in total. The van der Waals surface area contributed by atoms with E-state index in [1.54, 1.807) is 0 Å². The summed E-state index contributed by atoms with van der Waals surface area (Å²) in [5.74, 6) is -1.74. The third kappa shape index (κ3) is 2.46. The van der Waals surface area contributed by atoms with Gasteiger partial charge in [0.2, 0.25) is 11.3 Å². The second-order valence-corrected chi connectivity index (χ2v) is 2.46. The fraction of sp³-hybridized carbons (Fsp3) is 0.429. The van der Waals surface area contributed by atoms with Gasteiger partial charge in [0.15, 0.2) is 0 Å². The zero-order chi connectivity index (χ0) is 10.5. The van der Waals surface area contributed by atoms with Crippen molar-refractivity contribution in [1.82, 2.24) is 0 Å². The first-order valence-corrected chi connectivity index (χ1v) is 3.39. The van der Waals surface area contributed by atoms with Crippen molar-refractivity contribution in [1.29, 1.82) is 10.5 Å². The zero-order valence-corrected chi connectivity index (χ0v) is 6.78. The van der Waals surface area contributed by atoms with Crippen LogP contribution >= 0.6 is 0 Å². The van der Waals surface area contributed by atoms with Gasteiger partial charge in [-0.05, 0) is 6.42 Å². The van der Waals surface area contributed by atoms with E-state index >= 15 is 0 Å². The molecule has 0 rings (SSSR count). The Morgan fingerprint density at radius 2 is 1.69 bits per heavy atom. The maximum absolute atomic E-state index is 10.7. The van der Waals surface area contributed by atoms with Gasteiger partial charge in [-0.25, -0.2) is 0 Å². The van der Waals surface area contributed by atoms with Crippen molar-refractivity contribution in [3.63, 3.8) is 0 Å². The van der Waals surface area contributed by atoms with E-state index in [4.69, 9.17) is 22.0 Å². The fourth-order valence-corrected chi connectivity index (χ4v) is 0.681. The molecule has 0 aliphatic carbocycles. The Kier molecular flexibility index (Phi) is 3.42. The van der Waals surface area contributed by atoms with Gasteiger partial charge in [-0.15, -0.1) is 0 Å². The molecule has 0 saturated heterocycles. The van der Waals surface area contributed by atoms with Gasteiger partial charge in [-0.1, -0.05) is 0 Å². The summed E-state index contributed by atoms with van der Waals surface area (Å²) in [5, 5.41) is 17.1. The number of hydrogen-bond acceptors (Lipinski definition) is 4. The van der Waals surface area contributed by atoms with Crippen molar-refractivity contribution < 1.29 is 9.59 Å². The lowest BCUT2D eigenvalue weighted by Gasteiger charge is -2.11. The molecule has 0 aromatic heterocycles. The molecule has 0 aromatic carbocycles. The third-order valence-corrected chi connectivity index (χ3v) is 1.55. The van der Waals surface area contributed by atoms with Gasteiger partial charge in [-0.2, -0.15) is 10.5 Å². The van der Waals surface area contributed by atoms with Crippen LogP contribution in [0.5, 0.6) is 0 Å². The van der Waals surface area contributed by atoms with E-state index in [0.717, 1.165) is 0 Å². The van der Waals surface area contributed by atoms with Crippen molar-refractivity contribution in [2.75, 3.05) is 0 Å². The van der Waals surface area contributed by atoms with Crippen LogP contribution in [0.2, 0.25) is 0 Å². The summed E-state index contributed by atoms with van der Waals surface area (Å²) in [6.45, 7) is 0. The molecule has 0 heterocycles. The number of nitriles is 2. The molecule has 0 spiro atoms. The monoisotopic (exact) mass is 180 g/mol. The zero-order valence-electron chi connectivity index (χ0n) is 6.78. The van der Waals surface area contributed by atoms with Crippen LogP contribution < -0.4 is 11.5 Å². The lowest BCUT2D eigenvalue weighted by atomic mass is 9.85. The number of amides is 2. The minimum Gasteiger partial charge on any atom is -0.370 e. The van der Waals surface area contributed by atoms with E-state index in [1.165, 1.54) is 12.1 Å². The summed E-state index contributed by atoms with van der Waals surface area (Å²) < 4.78 is 0. The van der Waals surface area contributed by atoms with Crippen LogP contribution in [0, 0.1) is 28.1 Å². The summed E-state index contributed by atoms with van der Waals surface area (Å²) in [6.07, 6.45) is -0.477. The maximum Gasteiger partial charge on any atom is 0.252 e. The number of nitrogens with zero attached hydrogens (tertiary/aromatic N) is 2. The molecule has 13 heavy (non-hydrogen) atoms. The molecular formula is C7H8N4O2. The molecule has 0 saturated carbocycles.